The Morgan fingerprint density at radius 1 is 1.21 bits per heavy atom. The van der Waals surface area contributed by atoms with Gasteiger partial charge in [0.25, 0.3) is 0 Å². The zero-order chi connectivity index (χ0) is 13.1. The highest BCUT2D eigenvalue weighted by atomic mass is 35.5. The van der Waals surface area contributed by atoms with E-state index in [4.69, 9.17) is 11.6 Å². The minimum absolute atomic E-state index is 0.735. The number of benzene rings is 1. The maximum absolute atomic E-state index is 5.90. The van der Waals surface area contributed by atoms with Crippen molar-refractivity contribution in [3.8, 4) is 11.4 Å². The van der Waals surface area contributed by atoms with E-state index in [-0.39, 0.29) is 0 Å². The summed E-state index contributed by atoms with van der Waals surface area (Å²) in [5.74, 6) is 0.955. The van der Waals surface area contributed by atoms with Gasteiger partial charge < -0.3 is 9.55 Å². The maximum atomic E-state index is 5.90. The molecule has 0 fully saturated rings. The van der Waals surface area contributed by atoms with Gasteiger partial charge in [0, 0.05) is 47.8 Å². The van der Waals surface area contributed by atoms with E-state index in [2.05, 4.69) is 19.5 Å². The summed E-state index contributed by atoms with van der Waals surface area (Å²) in [6.45, 7) is 0.861. The minimum atomic E-state index is 0.735. The maximum Gasteiger partial charge on any atom is 0.139 e. The van der Waals surface area contributed by atoms with E-state index in [0.29, 0.717) is 0 Å². The number of hydrogen-bond acceptors (Lipinski definition) is 2. The number of aryl methyl sites for hydroxylation is 2. The Kier molecular flexibility index (Phi) is 3.33. The summed E-state index contributed by atoms with van der Waals surface area (Å²) in [5.41, 5.74) is 2.19. The number of nitrogens with zero attached hydrogens (tertiary/aromatic N) is 3. The van der Waals surface area contributed by atoms with Crippen LogP contribution in [0.5, 0.6) is 0 Å². The van der Waals surface area contributed by atoms with Gasteiger partial charge in [0.1, 0.15) is 5.82 Å². The molecule has 3 rings (SSSR count). The molecule has 19 heavy (non-hydrogen) atoms. The Balaban J connectivity index is 1.80. The van der Waals surface area contributed by atoms with Crippen molar-refractivity contribution in [3.05, 3.63) is 59.9 Å². The van der Waals surface area contributed by atoms with Crippen molar-refractivity contribution >= 4 is 11.6 Å². The van der Waals surface area contributed by atoms with Crippen molar-refractivity contribution in [1.82, 2.24) is 19.5 Å². The first-order valence-corrected chi connectivity index (χ1v) is 6.45. The second kappa shape index (κ2) is 5.28. The monoisotopic (exact) mass is 272 g/mol. The molecule has 0 amide bonds. The molecule has 0 saturated heterocycles. The first-order valence-electron chi connectivity index (χ1n) is 6.07. The van der Waals surface area contributed by atoms with Crippen LogP contribution in [0, 0.1) is 0 Å². The van der Waals surface area contributed by atoms with Crippen LogP contribution in [-0.4, -0.2) is 19.5 Å². The second-order valence-corrected chi connectivity index (χ2v) is 4.71. The van der Waals surface area contributed by atoms with Crippen LogP contribution in [0.15, 0.2) is 49.2 Å². The molecule has 0 saturated carbocycles. The highest BCUT2D eigenvalue weighted by Crippen LogP contribution is 2.20. The van der Waals surface area contributed by atoms with Crippen LogP contribution in [0.1, 0.15) is 5.69 Å². The summed E-state index contributed by atoms with van der Waals surface area (Å²) in [6, 6.07) is 7.73. The molecule has 3 aromatic rings. The molecule has 1 N–H and O–H groups in total. The fraction of sp³-hybridized carbons (Fsp3) is 0.143. The Bertz CT molecular complexity index is 640. The fourth-order valence-corrected chi connectivity index (χ4v) is 2.14. The molecule has 2 heterocycles. The van der Waals surface area contributed by atoms with Gasteiger partial charge in [0.2, 0.25) is 0 Å². The van der Waals surface area contributed by atoms with E-state index in [1.54, 1.807) is 6.33 Å². The number of H-pyrrole nitrogens is 1. The average Bonchev–Trinajstić information content (AvgIpc) is 3.08. The number of rotatable bonds is 4. The molecule has 0 unspecified atom stereocenters. The lowest BCUT2D eigenvalue weighted by atomic mass is 10.2. The molecular weight excluding hydrogens is 260 g/mol. The van der Waals surface area contributed by atoms with Crippen molar-refractivity contribution in [1.29, 1.82) is 0 Å². The summed E-state index contributed by atoms with van der Waals surface area (Å²) in [6.07, 6.45) is 8.25. The fourth-order valence-electron chi connectivity index (χ4n) is 2.01. The van der Waals surface area contributed by atoms with Gasteiger partial charge >= 0.3 is 0 Å². The van der Waals surface area contributed by atoms with Crippen molar-refractivity contribution < 1.29 is 0 Å². The first kappa shape index (κ1) is 12.0. The Morgan fingerprint density at radius 3 is 2.79 bits per heavy atom. The lowest BCUT2D eigenvalue weighted by Crippen LogP contribution is -2.02. The third-order valence-corrected chi connectivity index (χ3v) is 3.25. The lowest BCUT2D eigenvalue weighted by molar-refractivity contribution is 0.694. The molecule has 5 heteroatoms. The van der Waals surface area contributed by atoms with Gasteiger partial charge in [-0.25, -0.2) is 9.97 Å². The number of aromatic nitrogens is 4. The van der Waals surface area contributed by atoms with E-state index in [9.17, 15) is 0 Å². The van der Waals surface area contributed by atoms with Crippen molar-refractivity contribution in [2.45, 2.75) is 13.0 Å². The second-order valence-electron chi connectivity index (χ2n) is 4.28. The quantitative estimate of drug-likeness (QED) is 0.793. The largest absolute Gasteiger partial charge is 0.348 e. The molecule has 0 aliphatic heterocycles. The van der Waals surface area contributed by atoms with E-state index >= 15 is 0 Å². The van der Waals surface area contributed by atoms with E-state index in [1.165, 1.54) is 0 Å². The van der Waals surface area contributed by atoms with Crippen LogP contribution in [0.4, 0.5) is 0 Å². The number of nitrogens with one attached hydrogen (secondary N) is 1. The number of hydrogen-bond donors (Lipinski definition) is 1. The van der Waals surface area contributed by atoms with Gasteiger partial charge in [-0.3, -0.25) is 0 Å². The molecule has 0 aliphatic carbocycles. The van der Waals surface area contributed by atoms with Crippen LogP contribution in [0.3, 0.4) is 0 Å². The molecular formula is C14H13ClN4. The standard InChI is InChI=1S/C14H13ClN4/c15-12-3-1-11(2-4-12)14-17-6-8-19(14)7-5-13-9-16-10-18-13/h1-4,6,8-10H,5,7H2,(H,16,18). The van der Waals surface area contributed by atoms with Gasteiger partial charge in [-0.15, -0.1) is 0 Å². The van der Waals surface area contributed by atoms with Crippen molar-refractivity contribution in [2.75, 3.05) is 0 Å². The highest BCUT2D eigenvalue weighted by molar-refractivity contribution is 6.30. The van der Waals surface area contributed by atoms with E-state index in [1.807, 2.05) is 42.9 Å². The third-order valence-electron chi connectivity index (χ3n) is 2.99. The Morgan fingerprint density at radius 2 is 2.05 bits per heavy atom. The van der Waals surface area contributed by atoms with Gasteiger partial charge in [0.05, 0.1) is 6.33 Å². The smallest absolute Gasteiger partial charge is 0.139 e. The summed E-state index contributed by atoms with van der Waals surface area (Å²) in [7, 11) is 0. The Labute approximate surface area is 116 Å². The highest BCUT2D eigenvalue weighted by Gasteiger charge is 2.06. The minimum Gasteiger partial charge on any atom is -0.348 e. The van der Waals surface area contributed by atoms with Crippen LogP contribution in [0.25, 0.3) is 11.4 Å². The summed E-state index contributed by atoms with van der Waals surface area (Å²) in [4.78, 5) is 11.5. The van der Waals surface area contributed by atoms with Gasteiger partial charge in [-0.2, -0.15) is 0 Å². The van der Waals surface area contributed by atoms with Crippen molar-refractivity contribution in [2.24, 2.45) is 0 Å². The molecule has 0 atom stereocenters. The molecule has 0 spiro atoms. The molecule has 0 radical (unpaired) electrons. The van der Waals surface area contributed by atoms with E-state index in [0.717, 1.165) is 35.1 Å². The summed E-state index contributed by atoms with van der Waals surface area (Å²) >= 11 is 5.90. The normalized spacial score (nSPS) is 10.8. The predicted molar refractivity (Wildman–Crippen MR) is 75.0 cm³/mol. The van der Waals surface area contributed by atoms with Gasteiger partial charge in [-0.05, 0) is 24.3 Å². The zero-order valence-corrected chi connectivity index (χ0v) is 11.0. The molecule has 1 aromatic carbocycles. The number of aromatic amines is 1. The number of imidazole rings is 2. The van der Waals surface area contributed by atoms with Crippen LogP contribution >= 0.6 is 11.6 Å². The summed E-state index contributed by atoms with van der Waals surface area (Å²) < 4.78 is 2.13. The zero-order valence-electron chi connectivity index (χ0n) is 10.3. The molecule has 4 nitrogen and oxygen atoms in total. The van der Waals surface area contributed by atoms with Crippen LogP contribution < -0.4 is 0 Å². The van der Waals surface area contributed by atoms with Gasteiger partial charge in [-0.1, -0.05) is 11.6 Å². The van der Waals surface area contributed by atoms with Crippen LogP contribution in [0.2, 0.25) is 5.02 Å². The summed E-state index contributed by atoms with van der Waals surface area (Å²) in [5, 5.41) is 0.735. The average molecular weight is 273 g/mol. The lowest BCUT2D eigenvalue weighted by Gasteiger charge is -2.07. The molecule has 2 aromatic heterocycles. The third kappa shape index (κ3) is 2.69. The molecule has 0 bridgehead atoms. The molecule has 96 valence electrons. The Hall–Kier alpha value is -2.07. The van der Waals surface area contributed by atoms with E-state index < -0.39 is 0 Å². The SMILES string of the molecule is Clc1ccc(-c2nccn2CCc2cnc[nH]2)cc1. The number of halogens is 1. The topological polar surface area (TPSA) is 46.5 Å². The predicted octanol–water partition coefficient (Wildman–Crippen LogP) is 3.17. The molecule has 0 aliphatic rings. The van der Waals surface area contributed by atoms with Crippen molar-refractivity contribution in [3.63, 3.8) is 0 Å². The van der Waals surface area contributed by atoms with Gasteiger partial charge in [0.15, 0.2) is 0 Å². The first-order chi connectivity index (χ1) is 9.33. The van der Waals surface area contributed by atoms with Crippen LogP contribution in [-0.2, 0) is 13.0 Å².